The summed E-state index contributed by atoms with van der Waals surface area (Å²) in [5.41, 5.74) is 0.421. The molecule has 3 heteroatoms. The summed E-state index contributed by atoms with van der Waals surface area (Å²) in [5.74, 6) is -0.880. The van der Waals surface area contributed by atoms with Gasteiger partial charge in [-0.25, -0.2) is 0 Å². The maximum absolute atomic E-state index is 11.1. The van der Waals surface area contributed by atoms with Gasteiger partial charge in [-0.2, -0.15) is 0 Å². The summed E-state index contributed by atoms with van der Waals surface area (Å²) in [7, 11) is 0. The van der Waals surface area contributed by atoms with Crippen LogP contribution in [-0.4, -0.2) is 16.2 Å². The highest BCUT2D eigenvalue weighted by Gasteiger charge is 2.29. The molecule has 2 aromatic rings. The Morgan fingerprint density at radius 3 is 1.81 bits per heavy atom. The zero-order valence-corrected chi connectivity index (χ0v) is 11.6. The van der Waals surface area contributed by atoms with Crippen LogP contribution in [0.4, 0.5) is 0 Å². The molecule has 0 spiro atoms. The molecule has 0 fully saturated rings. The van der Waals surface area contributed by atoms with Crippen LogP contribution < -0.4 is 0 Å². The largest absolute Gasteiger partial charge is 0.481 e. The SMILES string of the molecule is O=C(O)C/C=C/CC(O)(c1ccccc1)c1ccccc1. The zero-order chi connectivity index (χ0) is 15.1. The quantitative estimate of drug-likeness (QED) is 0.799. The van der Waals surface area contributed by atoms with Gasteiger partial charge in [-0.3, -0.25) is 4.79 Å². The number of carboxylic acids is 1. The summed E-state index contributed by atoms with van der Waals surface area (Å²) < 4.78 is 0. The predicted molar refractivity (Wildman–Crippen MR) is 81.9 cm³/mol. The second-order valence-corrected chi connectivity index (χ2v) is 4.87. The van der Waals surface area contributed by atoms with E-state index < -0.39 is 11.6 Å². The third kappa shape index (κ3) is 3.80. The first-order valence-corrected chi connectivity index (χ1v) is 6.83. The molecule has 0 aliphatic carbocycles. The second kappa shape index (κ2) is 6.86. The van der Waals surface area contributed by atoms with Crippen molar-refractivity contribution < 1.29 is 15.0 Å². The van der Waals surface area contributed by atoms with Gasteiger partial charge in [0.25, 0.3) is 0 Å². The molecule has 0 unspecified atom stereocenters. The van der Waals surface area contributed by atoms with Crippen LogP contribution in [0.1, 0.15) is 24.0 Å². The molecule has 2 rings (SSSR count). The maximum atomic E-state index is 11.1. The minimum Gasteiger partial charge on any atom is -0.481 e. The molecular formula is C18H18O3. The molecule has 0 radical (unpaired) electrons. The van der Waals surface area contributed by atoms with E-state index >= 15 is 0 Å². The van der Waals surface area contributed by atoms with Crippen molar-refractivity contribution in [2.45, 2.75) is 18.4 Å². The summed E-state index contributed by atoms with van der Waals surface area (Å²) >= 11 is 0. The molecular weight excluding hydrogens is 264 g/mol. The van der Waals surface area contributed by atoms with E-state index in [1.807, 2.05) is 60.7 Å². The highest BCUT2D eigenvalue weighted by atomic mass is 16.4. The molecule has 0 saturated heterocycles. The lowest BCUT2D eigenvalue weighted by atomic mass is 9.83. The van der Waals surface area contributed by atoms with Crippen LogP contribution in [0.5, 0.6) is 0 Å². The van der Waals surface area contributed by atoms with Crippen molar-refractivity contribution in [2.24, 2.45) is 0 Å². The third-order valence-corrected chi connectivity index (χ3v) is 3.38. The number of rotatable bonds is 6. The summed E-state index contributed by atoms with van der Waals surface area (Å²) in [4.78, 5) is 10.6. The summed E-state index contributed by atoms with van der Waals surface area (Å²) in [5, 5.41) is 19.8. The molecule has 108 valence electrons. The van der Waals surface area contributed by atoms with E-state index in [0.717, 1.165) is 11.1 Å². The van der Waals surface area contributed by atoms with Gasteiger partial charge in [0.2, 0.25) is 0 Å². The van der Waals surface area contributed by atoms with Crippen molar-refractivity contribution in [3.05, 3.63) is 83.9 Å². The Bertz CT molecular complexity index is 563. The molecule has 0 amide bonds. The summed E-state index contributed by atoms with van der Waals surface area (Å²) in [6.45, 7) is 0. The lowest BCUT2D eigenvalue weighted by molar-refractivity contribution is -0.136. The van der Waals surface area contributed by atoms with E-state index in [1.165, 1.54) is 0 Å². The van der Waals surface area contributed by atoms with Crippen molar-refractivity contribution >= 4 is 5.97 Å². The van der Waals surface area contributed by atoms with Crippen LogP contribution >= 0.6 is 0 Å². The number of carbonyl (C=O) groups is 1. The first-order valence-electron chi connectivity index (χ1n) is 6.83. The van der Waals surface area contributed by atoms with Gasteiger partial charge in [0.05, 0.1) is 6.42 Å². The molecule has 0 atom stereocenters. The van der Waals surface area contributed by atoms with Gasteiger partial charge in [0.15, 0.2) is 0 Å². The van der Waals surface area contributed by atoms with Gasteiger partial charge in [0.1, 0.15) is 5.60 Å². The molecule has 2 N–H and O–H groups in total. The fraction of sp³-hybridized carbons (Fsp3) is 0.167. The van der Waals surface area contributed by atoms with E-state index in [2.05, 4.69) is 0 Å². The standard InChI is InChI=1S/C18H18O3/c19-17(20)13-7-8-14-18(21,15-9-3-1-4-10-15)16-11-5-2-6-12-16/h1-12,21H,13-14H2,(H,19,20)/b8-7+. The fourth-order valence-corrected chi connectivity index (χ4v) is 2.27. The third-order valence-electron chi connectivity index (χ3n) is 3.38. The topological polar surface area (TPSA) is 57.5 Å². The first-order chi connectivity index (χ1) is 10.1. The number of carboxylic acid groups (broad SMARTS) is 1. The number of hydrogen-bond donors (Lipinski definition) is 2. The Morgan fingerprint density at radius 2 is 1.38 bits per heavy atom. The highest BCUT2D eigenvalue weighted by molar-refractivity contribution is 5.68. The molecule has 0 bridgehead atoms. The van der Waals surface area contributed by atoms with Crippen molar-refractivity contribution in [1.29, 1.82) is 0 Å². The molecule has 0 heterocycles. The van der Waals surface area contributed by atoms with E-state index in [-0.39, 0.29) is 6.42 Å². The average molecular weight is 282 g/mol. The Morgan fingerprint density at radius 1 is 0.905 bits per heavy atom. The van der Waals surface area contributed by atoms with Crippen LogP contribution in [0, 0.1) is 0 Å². The van der Waals surface area contributed by atoms with Crippen molar-refractivity contribution in [1.82, 2.24) is 0 Å². The summed E-state index contributed by atoms with van der Waals surface area (Å²) in [6, 6.07) is 18.8. The van der Waals surface area contributed by atoms with E-state index in [0.29, 0.717) is 6.42 Å². The van der Waals surface area contributed by atoms with Gasteiger partial charge >= 0.3 is 5.97 Å². The average Bonchev–Trinajstić information content (AvgIpc) is 2.53. The van der Waals surface area contributed by atoms with E-state index in [1.54, 1.807) is 12.2 Å². The normalized spacial score (nSPS) is 11.7. The Hall–Kier alpha value is -2.39. The zero-order valence-electron chi connectivity index (χ0n) is 11.6. The smallest absolute Gasteiger partial charge is 0.307 e. The second-order valence-electron chi connectivity index (χ2n) is 4.87. The molecule has 21 heavy (non-hydrogen) atoms. The minimum atomic E-state index is -1.16. The molecule has 0 saturated carbocycles. The van der Waals surface area contributed by atoms with Crippen LogP contribution in [0.3, 0.4) is 0 Å². The van der Waals surface area contributed by atoms with Crippen LogP contribution in [0.25, 0.3) is 0 Å². The van der Waals surface area contributed by atoms with Gasteiger partial charge in [-0.15, -0.1) is 0 Å². The summed E-state index contributed by atoms with van der Waals surface area (Å²) in [6.07, 6.45) is 3.57. The van der Waals surface area contributed by atoms with E-state index in [9.17, 15) is 9.90 Å². The maximum Gasteiger partial charge on any atom is 0.307 e. The van der Waals surface area contributed by atoms with Crippen molar-refractivity contribution in [2.75, 3.05) is 0 Å². The van der Waals surface area contributed by atoms with Crippen LogP contribution in [0.2, 0.25) is 0 Å². The van der Waals surface area contributed by atoms with Gasteiger partial charge < -0.3 is 10.2 Å². The predicted octanol–water partition coefficient (Wildman–Crippen LogP) is 3.34. The lowest BCUT2D eigenvalue weighted by Crippen LogP contribution is -2.26. The fourth-order valence-electron chi connectivity index (χ4n) is 2.27. The molecule has 0 aromatic heterocycles. The lowest BCUT2D eigenvalue weighted by Gasteiger charge is -2.28. The number of aliphatic carboxylic acids is 1. The van der Waals surface area contributed by atoms with Gasteiger partial charge in [-0.05, 0) is 11.1 Å². The Kier molecular flexibility index (Phi) is 4.90. The monoisotopic (exact) mass is 282 g/mol. The Balaban J connectivity index is 2.31. The number of aliphatic hydroxyl groups is 1. The van der Waals surface area contributed by atoms with Crippen molar-refractivity contribution in [3.63, 3.8) is 0 Å². The highest BCUT2D eigenvalue weighted by Crippen LogP contribution is 2.33. The van der Waals surface area contributed by atoms with Crippen LogP contribution in [0.15, 0.2) is 72.8 Å². The van der Waals surface area contributed by atoms with Crippen LogP contribution in [-0.2, 0) is 10.4 Å². The van der Waals surface area contributed by atoms with Gasteiger partial charge in [0, 0.05) is 6.42 Å². The number of benzene rings is 2. The van der Waals surface area contributed by atoms with Crippen molar-refractivity contribution in [3.8, 4) is 0 Å². The molecule has 2 aromatic carbocycles. The van der Waals surface area contributed by atoms with Gasteiger partial charge in [-0.1, -0.05) is 72.8 Å². The molecule has 0 aliphatic rings. The first kappa shape index (κ1) is 15.0. The molecule has 3 nitrogen and oxygen atoms in total. The minimum absolute atomic E-state index is 0.0420. The van der Waals surface area contributed by atoms with E-state index in [4.69, 9.17) is 5.11 Å². The number of hydrogen-bond acceptors (Lipinski definition) is 2. The molecule has 0 aliphatic heterocycles. The Labute approximate surface area is 124 Å².